The van der Waals surface area contributed by atoms with Crippen molar-refractivity contribution in [3.63, 3.8) is 0 Å². The Morgan fingerprint density at radius 3 is 2.23 bits per heavy atom. The first-order valence-electron chi connectivity index (χ1n) is 17.0. The summed E-state index contributed by atoms with van der Waals surface area (Å²) in [6.07, 6.45) is 1.43. The highest BCUT2D eigenvalue weighted by molar-refractivity contribution is 6.20. The molecule has 48 heavy (non-hydrogen) atoms. The van der Waals surface area contributed by atoms with Gasteiger partial charge in [0.15, 0.2) is 0 Å². The number of nitrogens with zero attached hydrogens (tertiary/aromatic N) is 2. The van der Waals surface area contributed by atoms with Crippen LogP contribution in [0.1, 0.15) is 68.7 Å². The average Bonchev–Trinajstić information content (AvgIpc) is 3.19. The summed E-state index contributed by atoms with van der Waals surface area (Å²) in [7, 11) is 0. The quantitative estimate of drug-likeness (QED) is 0.158. The lowest BCUT2D eigenvalue weighted by Gasteiger charge is -2.29. The van der Waals surface area contributed by atoms with Crippen LogP contribution < -0.4 is 16.0 Å². The van der Waals surface area contributed by atoms with Crippen LogP contribution in [0, 0.1) is 24.7 Å². The van der Waals surface area contributed by atoms with Crippen LogP contribution in [0.15, 0.2) is 108 Å². The molecule has 1 aliphatic rings. The molecule has 0 aliphatic carbocycles. The summed E-state index contributed by atoms with van der Waals surface area (Å²) in [4.78, 5) is 48.2. The molecule has 7 heteroatoms. The standard InChI is InChI=1S/C41H46N4O3/c1-5-6-17-33(38(42)46)35(24-27(2)3)40(47)44-39-41(48)45(26-29-13-12-16-32(25-29)30-22-20-28(4)21-23-30)36-19-11-10-18-34(36)37(43-39)31-14-8-7-9-15-31/h7-16,18-23,25,27,33,35,39H,5-6,17,24,26H2,1-4H3,(H2,42,46)(H,44,47). The third kappa shape index (κ3) is 8.08. The Labute approximate surface area is 284 Å². The fourth-order valence-corrected chi connectivity index (χ4v) is 6.46. The van der Waals surface area contributed by atoms with Gasteiger partial charge in [0.1, 0.15) is 0 Å². The lowest BCUT2D eigenvalue weighted by molar-refractivity contribution is -0.136. The van der Waals surface area contributed by atoms with Gasteiger partial charge in [0, 0.05) is 23.0 Å². The lowest BCUT2D eigenvalue weighted by Crippen LogP contribution is -2.50. The number of anilines is 1. The summed E-state index contributed by atoms with van der Waals surface area (Å²) < 4.78 is 0. The molecular formula is C41H46N4O3. The monoisotopic (exact) mass is 642 g/mol. The van der Waals surface area contributed by atoms with E-state index in [1.165, 1.54) is 5.56 Å². The highest BCUT2D eigenvalue weighted by Crippen LogP contribution is 2.32. The van der Waals surface area contributed by atoms with Crippen molar-refractivity contribution in [3.05, 3.63) is 125 Å². The second-order valence-corrected chi connectivity index (χ2v) is 13.1. The predicted molar refractivity (Wildman–Crippen MR) is 193 cm³/mol. The van der Waals surface area contributed by atoms with Crippen LogP contribution in [0.5, 0.6) is 0 Å². The van der Waals surface area contributed by atoms with Crippen molar-refractivity contribution in [2.45, 2.75) is 66.1 Å². The molecule has 3 atom stereocenters. The molecule has 5 rings (SSSR count). The number of para-hydroxylation sites is 1. The van der Waals surface area contributed by atoms with Gasteiger partial charge < -0.3 is 16.0 Å². The van der Waals surface area contributed by atoms with Crippen molar-refractivity contribution in [1.29, 1.82) is 0 Å². The Morgan fingerprint density at radius 1 is 0.854 bits per heavy atom. The van der Waals surface area contributed by atoms with E-state index in [0.29, 0.717) is 24.2 Å². The minimum Gasteiger partial charge on any atom is -0.369 e. The molecule has 1 heterocycles. The number of unbranched alkanes of at least 4 members (excludes halogenated alkanes) is 1. The number of carbonyl (C=O) groups is 3. The normalized spacial score (nSPS) is 15.7. The van der Waals surface area contributed by atoms with E-state index in [1.807, 2.05) is 87.5 Å². The number of nitrogens with one attached hydrogen (secondary N) is 1. The van der Waals surface area contributed by atoms with Crippen LogP contribution in [0.2, 0.25) is 0 Å². The number of rotatable bonds is 13. The molecular weight excluding hydrogens is 596 g/mol. The summed E-state index contributed by atoms with van der Waals surface area (Å²) in [6, 6.07) is 34.0. The first-order chi connectivity index (χ1) is 23.2. The molecule has 3 N–H and O–H groups in total. The van der Waals surface area contributed by atoms with E-state index in [4.69, 9.17) is 10.7 Å². The van der Waals surface area contributed by atoms with Crippen LogP contribution >= 0.6 is 0 Å². The number of hydrogen-bond acceptors (Lipinski definition) is 4. The molecule has 0 spiro atoms. The molecule has 4 aromatic carbocycles. The number of primary amides is 1. The summed E-state index contributed by atoms with van der Waals surface area (Å²) >= 11 is 0. The highest BCUT2D eigenvalue weighted by atomic mass is 16.2. The molecule has 0 fully saturated rings. The first-order valence-corrected chi connectivity index (χ1v) is 17.0. The number of aryl methyl sites for hydroxylation is 1. The summed E-state index contributed by atoms with van der Waals surface area (Å²) in [5, 5.41) is 2.99. The SMILES string of the molecule is CCCCC(C(N)=O)C(CC(C)C)C(=O)NC1N=C(c2ccccc2)c2ccccc2N(Cc2cccc(-c3ccc(C)cc3)c2)C1=O. The largest absolute Gasteiger partial charge is 0.369 e. The Balaban J connectivity index is 1.56. The third-order valence-electron chi connectivity index (χ3n) is 8.97. The maximum atomic E-state index is 14.7. The van der Waals surface area contributed by atoms with Gasteiger partial charge in [0.25, 0.3) is 5.91 Å². The van der Waals surface area contributed by atoms with Crippen LogP contribution in [0.25, 0.3) is 11.1 Å². The number of nitrogens with two attached hydrogens (primary N) is 1. The van der Waals surface area contributed by atoms with Gasteiger partial charge in [-0.15, -0.1) is 0 Å². The smallest absolute Gasteiger partial charge is 0.272 e. The number of aliphatic imine (C=N–C) groups is 1. The van der Waals surface area contributed by atoms with Gasteiger partial charge in [-0.25, -0.2) is 4.99 Å². The summed E-state index contributed by atoms with van der Waals surface area (Å²) in [5.74, 6) is -2.40. The van der Waals surface area contributed by atoms with E-state index in [2.05, 4.69) is 48.6 Å². The number of fused-ring (bicyclic) bond motifs is 1. The van der Waals surface area contributed by atoms with E-state index in [9.17, 15) is 14.4 Å². The van der Waals surface area contributed by atoms with Crippen LogP contribution in [-0.4, -0.2) is 29.6 Å². The van der Waals surface area contributed by atoms with Gasteiger partial charge in [-0.2, -0.15) is 0 Å². The summed E-state index contributed by atoms with van der Waals surface area (Å²) in [5.41, 5.74) is 13.1. The van der Waals surface area contributed by atoms with Crippen molar-refractivity contribution in [3.8, 4) is 11.1 Å². The zero-order chi connectivity index (χ0) is 34.2. The molecule has 0 saturated heterocycles. The third-order valence-corrected chi connectivity index (χ3v) is 8.97. The van der Waals surface area contributed by atoms with E-state index in [0.717, 1.165) is 40.7 Å². The van der Waals surface area contributed by atoms with Crippen LogP contribution in [0.4, 0.5) is 5.69 Å². The van der Waals surface area contributed by atoms with Gasteiger partial charge in [-0.05, 0) is 54.5 Å². The number of hydrogen-bond donors (Lipinski definition) is 2. The second-order valence-electron chi connectivity index (χ2n) is 13.1. The molecule has 7 nitrogen and oxygen atoms in total. The van der Waals surface area contributed by atoms with Crippen molar-refractivity contribution in [1.82, 2.24) is 5.32 Å². The first kappa shape index (κ1) is 34.3. The van der Waals surface area contributed by atoms with Crippen molar-refractivity contribution in [2.24, 2.45) is 28.5 Å². The summed E-state index contributed by atoms with van der Waals surface area (Å²) in [6.45, 7) is 8.42. The minimum atomic E-state index is -1.21. The molecule has 0 bridgehead atoms. The molecule has 0 radical (unpaired) electrons. The number of benzodiazepines with no additional fused rings is 1. The zero-order valence-electron chi connectivity index (χ0n) is 28.4. The van der Waals surface area contributed by atoms with E-state index in [1.54, 1.807) is 4.90 Å². The van der Waals surface area contributed by atoms with Gasteiger partial charge in [-0.3, -0.25) is 14.4 Å². The van der Waals surface area contributed by atoms with Gasteiger partial charge in [0.2, 0.25) is 18.0 Å². The Morgan fingerprint density at radius 2 is 1.54 bits per heavy atom. The van der Waals surface area contributed by atoms with Crippen LogP contribution in [-0.2, 0) is 20.9 Å². The number of amides is 3. The van der Waals surface area contributed by atoms with E-state index >= 15 is 0 Å². The second kappa shape index (κ2) is 15.7. The van der Waals surface area contributed by atoms with Crippen molar-refractivity contribution < 1.29 is 14.4 Å². The van der Waals surface area contributed by atoms with Crippen molar-refractivity contribution in [2.75, 3.05) is 4.90 Å². The van der Waals surface area contributed by atoms with Crippen LogP contribution in [0.3, 0.4) is 0 Å². The van der Waals surface area contributed by atoms with E-state index in [-0.39, 0.29) is 24.3 Å². The fraction of sp³-hybridized carbons (Fsp3) is 0.317. The Hall–Kier alpha value is -5.04. The van der Waals surface area contributed by atoms with Gasteiger partial charge >= 0.3 is 0 Å². The van der Waals surface area contributed by atoms with Gasteiger partial charge in [-0.1, -0.05) is 130 Å². The molecule has 0 saturated carbocycles. The highest BCUT2D eigenvalue weighted by Gasteiger charge is 2.37. The average molecular weight is 643 g/mol. The number of carbonyl (C=O) groups excluding carboxylic acids is 3. The topological polar surface area (TPSA) is 105 Å². The Bertz CT molecular complexity index is 1760. The molecule has 1 aliphatic heterocycles. The fourth-order valence-electron chi connectivity index (χ4n) is 6.46. The number of benzene rings is 4. The molecule has 3 amide bonds. The molecule has 0 aromatic heterocycles. The molecule has 248 valence electrons. The van der Waals surface area contributed by atoms with Crippen molar-refractivity contribution >= 4 is 29.1 Å². The maximum absolute atomic E-state index is 14.7. The maximum Gasteiger partial charge on any atom is 0.272 e. The minimum absolute atomic E-state index is 0.138. The predicted octanol–water partition coefficient (Wildman–Crippen LogP) is 7.44. The zero-order valence-corrected chi connectivity index (χ0v) is 28.4. The molecule has 4 aromatic rings. The lowest BCUT2D eigenvalue weighted by atomic mass is 9.81. The van der Waals surface area contributed by atoms with E-state index < -0.39 is 23.9 Å². The Kier molecular flexibility index (Phi) is 11.2. The molecule has 3 unspecified atom stereocenters. The van der Waals surface area contributed by atoms with Gasteiger partial charge in [0.05, 0.1) is 17.9 Å².